The van der Waals surface area contributed by atoms with Gasteiger partial charge in [0.25, 0.3) is 0 Å². The average molecular weight is 285 g/mol. The van der Waals surface area contributed by atoms with E-state index in [2.05, 4.69) is 48.8 Å². The van der Waals surface area contributed by atoms with Crippen molar-refractivity contribution in [2.45, 2.75) is 38.9 Å². The number of halogens is 1. The molecular formula is C14H21BrO. The molecule has 1 nitrogen and oxygen atoms in total. The molecule has 0 aliphatic carbocycles. The number of benzene rings is 1. The fraction of sp³-hybridized carbons (Fsp3) is 0.571. The molecule has 0 N–H and O–H groups in total. The monoisotopic (exact) mass is 284 g/mol. The molecule has 0 saturated carbocycles. The third kappa shape index (κ3) is 3.24. The molecule has 0 radical (unpaired) electrons. The molecule has 0 fully saturated rings. The predicted molar refractivity (Wildman–Crippen MR) is 73.4 cm³/mol. The summed E-state index contributed by atoms with van der Waals surface area (Å²) >= 11 is 3.79. The molecule has 0 aliphatic rings. The lowest BCUT2D eigenvalue weighted by molar-refractivity contribution is 0.337. The summed E-state index contributed by atoms with van der Waals surface area (Å²) in [7, 11) is 0. The molecule has 0 aromatic heterocycles. The number of hydrogen-bond donors (Lipinski definition) is 0. The second-order valence-corrected chi connectivity index (χ2v) is 5.62. The Kier molecular flexibility index (Phi) is 4.85. The minimum atomic E-state index is 0.271. The topological polar surface area (TPSA) is 9.23 Å². The number of ether oxygens (including phenoxy) is 1. The van der Waals surface area contributed by atoms with Gasteiger partial charge in [0, 0.05) is 4.83 Å². The normalized spacial score (nSPS) is 13.6. The fourth-order valence-corrected chi connectivity index (χ4v) is 2.16. The molecule has 1 rings (SSSR count). The molecule has 90 valence electrons. The molecule has 0 bridgehead atoms. The van der Waals surface area contributed by atoms with Gasteiger partial charge in [0.2, 0.25) is 0 Å². The summed E-state index contributed by atoms with van der Waals surface area (Å²) in [5.74, 6) is 0.945. The van der Waals surface area contributed by atoms with Crippen molar-refractivity contribution in [2.24, 2.45) is 5.41 Å². The Balaban J connectivity index is 2.81. The van der Waals surface area contributed by atoms with Crippen LogP contribution in [0.2, 0.25) is 0 Å². The van der Waals surface area contributed by atoms with E-state index >= 15 is 0 Å². The van der Waals surface area contributed by atoms with Crippen molar-refractivity contribution in [3.05, 3.63) is 29.8 Å². The minimum Gasteiger partial charge on any atom is -0.494 e. The third-order valence-electron chi connectivity index (χ3n) is 3.08. The van der Waals surface area contributed by atoms with Crippen LogP contribution < -0.4 is 4.74 Å². The van der Waals surface area contributed by atoms with E-state index < -0.39 is 0 Å². The molecule has 1 atom stereocenters. The van der Waals surface area contributed by atoms with E-state index in [0.717, 1.165) is 18.8 Å². The first-order valence-electron chi connectivity index (χ1n) is 5.88. The van der Waals surface area contributed by atoms with Crippen LogP contribution in [0.4, 0.5) is 0 Å². The zero-order valence-corrected chi connectivity index (χ0v) is 12.2. The van der Waals surface area contributed by atoms with E-state index in [1.165, 1.54) is 5.56 Å². The van der Waals surface area contributed by atoms with Crippen LogP contribution in [-0.2, 0) is 0 Å². The number of hydrogen-bond acceptors (Lipinski definition) is 1. The quantitative estimate of drug-likeness (QED) is 0.695. The van der Waals surface area contributed by atoms with Crippen molar-refractivity contribution in [3.8, 4) is 5.75 Å². The largest absolute Gasteiger partial charge is 0.494 e. The van der Waals surface area contributed by atoms with Gasteiger partial charge in [-0.1, -0.05) is 48.8 Å². The summed E-state index contributed by atoms with van der Waals surface area (Å²) in [5, 5.41) is 0. The smallest absolute Gasteiger partial charge is 0.119 e. The number of alkyl halides is 1. The second kappa shape index (κ2) is 5.72. The van der Waals surface area contributed by atoms with Gasteiger partial charge < -0.3 is 4.74 Å². The van der Waals surface area contributed by atoms with Crippen LogP contribution in [0.15, 0.2) is 24.3 Å². The summed E-state index contributed by atoms with van der Waals surface area (Å²) in [4.78, 5) is 0.390. The molecule has 1 unspecified atom stereocenters. The first-order valence-corrected chi connectivity index (χ1v) is 6.79. The molecular weight excluding hydrogens is 264 g/mol. The van der Waals surface area contributed by atoms with Gasteiger partial charge in [-0.15, -0.1) is 0 Å². The Labute approximate surface area is 107 Å². The Morgan fingerprint density at radius 2 is 1.75 bits per heavy atom. The molecule has 0 heterocycles. The van der Waals surface area contributed by atoms with Gasteiger partial charge in [-0.05, 0) is 36.5 Å². The van der Waals surface area contributed by atoms with Gasteiger partial charge in [-0.3, -0.25) is 0 Å². The lowest BCUT2D eigenvalue weighted by atomic mass is 9.83. The van der Waals surface area contributed by atoms with Crippen molar-refractivity contribution >= 4 is 15.9 Å². The van der Waals surface area contributed by atoms with Crippen LogP contribution in [0.25, 0.3) is 0 Å². The van der Waals surface area contributed by atoms with Crippen molar-refractivity contribution in [2.75, 3.05) is 6.61 Å². The van der Waals surface area contributed by atoms with Crippen LogP contribution in [-0.4, -0.2) is 6.61 Å². The van der Waals surface area contributed by atoms with Gasteiger partial charge in [0.15, 0.2) is 0 Å². The van der Waals surface area contributed by atoms with Crippen molar-refractivity contribution < 1.29 is 4.74 Å². The first-order chi connectivity index (χ1) is 7.51. The van der Waals surface area contributed by atoms with Crippen LogP contribution in [0.5, 0.6) is 5.75 Å². The van der Waals surface area contributed by atoms with Crippen molar-refractivity contribution in [1.29, 1.82) is 0 Å². The SMILES string of the molecule is CCOc1ccc(C(Br)C(C)(C)CC)cc1. The first kappa shape index (κ1) is 13.6. The summed E-state index contributed by atoms with van der Waals surface area (Å²) in [6, 6.07) is 8.36. The molecule has 2 heteroatoms. The van der Waals surface area contributed by atoms with Gasteiger partial charge in [0.05, 0.1) is 6.61 Å². The van der Waals surface area contributed by atoms with Crippen LogP contribution in [0.3, 0.4) is 0 Å². The highest BCUT2D eigenvalue weighted by molar-refractivity contribution is 9.09. The zero-order chi connectivity index (χ0) is 12.2. The zero-order valence-electron chi connectivity index (χ0n) is 10.6. The van der Waals surface area contributed by atoms with Gasteiger partial charge in [0.1, 0.15) is 5.75 Å². The molecule has 0 saturated heterocycles. The van der Waals surface area contributed by atoms with Crippen LogP contribution in [0, 0.1) is 5.41 Å². The van der Waals surface area contributed by atoms with E-state index in [4.69, 9.17) is 4.74 Å². The highest BCUT2D eigenvalue weighted by Crippen LogP contribution is 2.42. The van der Waals surface area contributed by atoms with Gasteiger partial charge in [-0.25, -0.2) is 0 Å². The van der Waals surface area contributed by atoms with Gasteiger partial charge >= 0.3 is 0 Å². The fourth-order valence-electron chi connectivity index (χ4n) is 1.53. The number of rotatable bonds is 5. The summed E-state index contributed by atoms with van der Waals surface area (Å²) in [5.41, 5.74) is 1.59. The van der Waals surface area contributed by atoms with Crippen molar-refractivity contribution in [1.82, 2.24) is 0 Å². The molecule has 1 aromatic carbocycles. The Bertz CT molecular complexity index is 316. The molecule has 16 heavy (non-hydrogen) atoms. The Morgan fingerprint density at radius 1 is 1.19 bits per heavy atom. The van der Waals surface area contributed by atoms with Crippen molar-refractivity contribution in [3.63, 3.8) is 0 Å². The average Bonchev–Trinajstić information content (AvgIpc) is 2.29. The maximum atomic E-state index is 5.44. The molecule has 1 aromatic rings. The van der Waals surface area contributed by atoms with E-state index in [1.54, 1.807) is 0 Å². The molecule has 0 aliphatic heterocycles. The summed E-state index contributed by atoms with van der Waals surface area (Å²) in [6.45, 7) is 9.51. The standard InChI is InChI=1S/C14H21BrO/c1-5-14(3,4)13(15)11-7-9-12(10-8-11)16-6-2/h7-10,13H,5-6H2,1-4H3. The molecule has 0 spiro atoms. The summed E-state index contributed by atoms with van der Waals surface area (Å²) < 4.78 is 5.44. The van der Waals surface area contributed by atoms with Gasteiger partial charge in [-0.2, -0.15) is 0 Å². The van der Waals surface area contributed by atoms with Crippen LogP contribution >= 0.6 is 15.9 Å². The molecule has 0 amide bonds. The van der Waals surface area contributed by atoms with Crippen LogP contribution in [0.1, 0.15) is 44.5 Å². The lowest BCUT2D eigenvalue weighted by Crippen LogP contribution is -2.16. The highest BCUT2D eigenvalue weighted by Gasteiger charge is 2.26. The summed E-state index contributed by atoms with van der Waals surface area (Å²) in [6.07, 6.45) is 1.15. The minimum absolute atomic E-state index is 0.271. The maximum Gasteiger partial charge on any atom is 0.119 e. The third-order valence-corrected chi connectivity index (χ3v) is 4.85. The second-order valence-electron chi connectivity index (χ2n) is 4.71. The Hall–Kier alpha value is -0.500. The predicted octanol–water partition coefficient (Wildman–Crippen LogP) is 4.96. The van der Waals surface area contributed by atoms with E-state index in [0.29, 0.717) is 4.83 Å². The maximum absolute atomic E-state index is 5.44. The lowest BCUT2D eigenvalue weighted by Gasteiger charge is -2.29. The Morgan fingerprint density at radius 3 is 2.19 bits per heavy atom. The highest BCUT2D eigenvalue weighted by atomic mass is 79.9. The van der Waals surface area contributed by atoms with E-state index in [1.807, 2.05) is 19.1 Å². The van der Waals surface area contributed by atoms with E-state index in [-0.39, 0.29) is 5.41 Å². The van der Waals surface area contributed by atoms with E-state index in [9.17, 15) is 0 Å².